The highest BCUT2D eigenvalue weighted by atomic mass is 16.6. The van der Waals surface area contributed by atoms with Crippen LogP contribution in [0, 0.1) is 10.1 Å². The fraction of sp³-hybridized carbons (Fsp3) is 0.0714. The van der Waals surface area contributed by atoms with Crippen molar-refractivity contribution < 1.29 is 4.92 Å². The van der Waals surface area contributed by atoms with Crippen LogP contribution >= 0.6 is 0 Å². The van der Waals surface area contributed by atoms with Crippen LogP contribution < -0.4 is 0 Å². The Morgan fingerprint density at radius 2 is 1.72 bits per heavy atom. The van der Waals surface area contributed by atoms with Crippen LogP contribution in [-0.4, -0.2) is 11.1 Å². The Morgan fingerprint density at radius 3 is 2.33 bits per heavy atom. The van der Waals surface area contributed by atoms with Crippen molar-refractivity contribution in [2.75, 3.05) is 0 Å². The first kappa shape index (κ1) is 12.0. The van der Waals surface area contributed by atoms with E-state index in [1.54, 1.807) is 18.3 Å². The molecule has 0 aliphatic carbocycles. The first-order valence-corrected chi connectivity index (χ1v) is 5.54. The molecule has 90 valence electrons. The summed E-state index contributed by atoms with van der Waals surface area (Å²) in [5, 5.41) is 10.5. The molecule has 0 unspecified atom stereocenters. The van der Waals surface area contributed by atoms with E-state index in [1.807, 2.05) is 30.3 Å². The van der Waals surface area contributed by atoms with Crippen LogP contribution in [-0.2, 0) is 6.54 Å². The number of hydrogen-bond acceptors (Lipinski definition) is 3. The number of rotatable bonds is 4. The molecule has 0 spiro atoms. The molecule has 0 aliphatic heterocycles. The molecule has 0 amide bonds. The Hall–Kier alpha value is -2.49. The van der Waals surface area contributed by atoms with Gasteiger partial charge in [0.15, 0.2) is 0 Å². The second-order valence-corrected chi connectivity index (χ2v) is 3.80. The molecule has 0 saturated heterocycles. The van der Waals surface area contributed by atoms with E-state index in [9.17, 15) is 10.1 Å². The summed E-state index contributed by atoms with van der Waals surface area (Å²) >= 11 is 0. The highest BCUT2D eigenvalue weighted by molar-refractivity contribution is 5.79. The van der Waals surface area contributed by atoms with Crippen LogP contribution in [0.4, 0.5) is 5.69 Å². The summed E-state index contributed by atoms with van der Waals surface area (Å²) < 4.78 is 0. The summed E-state index contributed by atoms with van der Waals surface area (Å²) in [6.07, 6.45) is 1.72. The number of hydrogen-bond donors (Lipinski definition) is 0. The SMILES string of the molecule is O=[N+]([O-])c1ccc(C=NCc2ccccc2)cc1. The molecule has 2 aromatic rings. The first-order chi connectivity index (χ1) is 8.75. The Kier molecular flexibility index (Phi) is 3.81. The molecule has 4 heteroatoms. The molecular weight excluding hydrogens is 228 g/mol. The van der Waals surface area contributed by atoms with Gasteiger partial charge in [0.05, 0.1) is 11.5 Å². The van der Waals surface area contributed by atoms with Gasteiger partial charge in [-0.3, -0.25) is 15.1 Å². The van der Waals surface area contributed by atoms with E-state index >= 15 is 0 Å². The second kappa shape index (κ2) is 5.72. The number of nitrogens with zero attached hydrogens (tertiary/aromatic N) is 2. The fourth-order valence-corrected chi connectivity index (χ4v) is 1.52. The Morgan fingerprint density at radius 1 is 1.06 bits per heavy atom. The summed E-state index contributed by atoms with van der Waals surface area (Å²) in [7, 11) is 0. The predicted octanol–water partition coefficient (Wildman–Crippen LogP) is 3.21. The summed E-state index contributed by atoms with van der Waals surface area (Å²) in [4.78, 5) is 14.4. The van der Waals surface area contributed by atoms with Gasteiger partial charge in [-0.25, -0.2) is 0 Å². The lowest BCUT2D eigenvalue weighted by molar-refractivity contribution is -0.384. The van der Waals surface area contributed by atoms with Crippen LogP contribution in [0.3, 0.4) is 0 Å². The average molecular weight is 240 g/mol. The Bertz CT molecular complexity index is 548. The molecule has 0 saturated carbocycles. The van der Waals surface area contributed by atoms with Crippen molar-refractivity contribution in [3.05, 3.63) is 75.8 Å². The number of nitro benzene ring substituents is 1. The van der Waals surface area contributed by atoms with Gasteiger partial charge < -0.3 is 0 Å². The standard InChI is InChI=1S/C14H12N2O2/c17-16(18)14-8-6-13(7-9-14)11-15-10-12-4-2-1-3-5-12/h1-9,11H,10H2. The van der Waals surface area contributed by atoms with Gasteiger partial charge in [0.25, 0.3) is 5.69 Å². The molecule has 0 heterocycles. The van der Waals surface area contributed by atoms with Crippen LogP contribution in [0.15, 0.2) is 59.6 Å². The van der Waals surface area contributed by atoms with Crippen molar-refractivity contribution >= 4 is 11.9 Å². The summed E-state index contributed by atoms with van der Waals surface area (Å²) in [5.74, 6) is 0. The number of non-ortho nitro benzene ring substituents is 1. The van der Waals surface area contributed by atoms with Gasteiger partial charge in [-0.05, 0) is 23.3 Å². The highest BCUT2D eigenvalue weighted by Gasteiger charge is 2.02. The minimum Gasteiger partial charge on any atom is -0.288 e. The molecule has 0 radical (unpaired) electrons. The van der Waals surface area contributed by atoms with Crippen LogP contribution in [0.5, 0.6) is 0 Å². The average Bonchev–Trinajstić information content (AvgIpc) is 2.40. The zero-order valence-corrected chi connectivity index (χ0v) is 9.69. The molecule has 0 N–H and O–H groups in total. The minimum absolute atomic E-state index is 0.0928. The summed E-state index contributed by atoms with van der Waals surface area (Å²) in [6, 6.07) is 16.2. The Labute approximate surface area is 105 Å². The maximum Gasteiger partial charge on any atom is 0.269 e. The minimum atomic E-state index is -0.412. The zero-order valence-electron chi connectivity index (χ0n) is 9.69. The third-order valence-electron chi connectivity index (χ3n) is 2.46. The topological polar surface area (TPSA) is 55.5 Å². The smallest absolute Gasteiger partial charge is 0.269 e. The van der Waals surface area contributed by atoms with E-state index in [2.05, 4.69) is 4.99 Å². The highest BCUT2D eigenvalue weighted by Crippen LogP contribution is 2.10. The molecule has 2 aromatic carbocycles. The van der Waals surface area contributed by atoms with Gasteiger partial charge in [-0.15, -0.1) is 0 Å². The van der Waals surface area contributed by atoms with Crippen LogP contribution in [0.25, 0.3) is 0 Å². The third-order valence-corrected chi connectivity index (χ3v) is 2.46. The monoisotopic (exact) mass is 240 g/mol. The van der Waals surface area contributed by atoms with Crippen molar-refractivity contribution in [3.63, 3.8) is 0 Å². The second-order valence-electron chi connectivity index (χ2n) is 3.80. The van der Waals surface area contributed by atoms with E-state index in [0.717, 1.165) is 11.1 Å². The van der Waals surface area contributed by atoms with E-state index in [1.165, 1.54) is 12.1 Å². The first-order valence-electron chi connectivity index (χ1n) is 5.54. The maximum atomic E-state index is 10.5. The molecule has 0 aromatic heterocycles. The lowest BCUT2D eigenvalue weighted by Crippen LogP contribution is -1.88. The maximum absolute atomic E-state index is 10.5. The van der Waals surface area contributed by atoms with Gasteiger partial charge in [-0.1, -0.05) is 30.3 Å². The van der Waals surface area contributed by atoms with Crippen molar-refractivity contribution in [1.82, 2.24) is 0 Å². The predicted molar refractivity (Wildman–Crippen MR) is 70.8 cm³/mol. The van der Waals surface area contributed by atoms with Gasteiger partial charge in [-0.2, -0.15) is 0 Å². The quantitative estimate of drug-likeness (QED) is 0.468. The molecule has 4 nitrogen and oxygen atoms in total. The van der Waals surface area contributed by atoms with E-state index < -0.39 is 4.92 Å². The van der Waals surface area contributed by atoms with Crippen LogP contribution in [0.1, 0.15) is 11.1 Å². The lowest BCUT2D eigenvalue weighted by atomic mass is 10.2. The van der Waals surface area contributed by atoms with Gasteiger partial charge in [0.1, 0.15) is 0 Å². The number of nitro groups is 1. The molecule has 0 bridgehead atoms. The number of benzene rings is 2. The van der Waals surface area contributed by atoms with Gasteiger partial charge >= 0.3 is 0 Å². The lowest BCUT2D eigenvalue weighted by Gasteiger charge is -1.95. The molecule has 2 rings (SSSR count). The Balaban J connectivity index is 1.99. The summed E-state index contributed by atoms with van der Waals surface area (Å²) in [6.45, 7) is 0.609. The van der Waals surface area contributed by atoms with Gasteiger partial charge in [0, 0.05) is 18.3 Å². The van der Waals surface area contributed by atoms with E-state index in [4.69, 9.17) is 0 Å². The zero-order chi connectivity index (χ0) is 12.8. The van der Waals surface area contributed by atoms with Crippen molar-refractivity contribution in [3.8, 4) is 0 Å². The van der Waals surface area contributed by atoms with Crippen molar-refractivity contribution in [2.45, 2.75) is 6.54 Å². The largest absolute Gasteiger partial charge is 0.288 e. The van der Waals surface area contributed by atoms with Crippen LogP contribution in [0.2, 0.25) is 0 Å². The van der Waals surface area contributed by atoms with Crippen molar-refractivity contribution in [1.29, 1.82) is 0 Å². The molecule has 18 heavy (non-hydrogen) atoms. The van der Waals surface area contributed by atoms with E-state index in [-0.39, 0.29) is 5.69 Å². The number of aliphatic imine (C=N–C) groups is 1. The van der Waals surface area contributed by atoms with Crippen molar-refractivity contribution in [2.24, 2.45) is 4.99 Å². The van der Waals surface area contributed by atoms with Gasteiger partial charge in [0.2, 0.25) is 0 Å². The fourth-order valence-electron chi connectivity index (χ4n) is 1.52. The third kappa shape index (κ3) is 3.25. The molecular formula is C14H12N2O2. The summed E-state index contributed by atoms with van der Waals surface area (Å²) in [5.41, 5.74) is 2.09. The normalized spacial score (nSPS) is 10.7. The van der Waals surface area contributed by atoms with E-state index in [0.29, 0.717) is 6.54 Å². The molecule has 0 fully saturated rings. The molecule has 0 atom stereocenters. The molecule has 0 aliphatic rings.